The van der Waals surface area contributed by atoms with Gasteiger partial charge in [-0.3, -0.25) is 9.59 Å². The van der Waals surface area contributed by atoms with Crippen LogP contribution < -0.4 is 0 Å². The molecule has 1 aromatic rings. The fourth-order valence-corrected chi connectivity index (χ4v) is 1.83. The molecule has 22 heavy (non-hydrogen) atoms. The number of rotatable bonds is 5. The average molecular weight is 304 g/mol. The van der Waals surface area contributed by atoms with Crippen molar-refractivity contribution in [3.05, 3.63) is 41.0 Å². The van der Waals surface area contributed by atoms with Crippen LogP contribution in [0.15, 0.2) is 29.8 Å². The Morgan fingerprint density at radius 3 is 1.77 bits per heavy atom. The van der Waals surface area contributed by atoms with Crippen molar-refractivity contribution in [2.75, 3.05) is 13.2 Å². The Kier molecular flexibility index (Phi) is 6.35. The largest absolute Gasteiger partial charge is 0.461 e. The predicted molar refractivity (Wildman–Crippen MR) is 86.4 cm³/mol. The third kappa shape index (κ3) is 6.57. The van der Waals surface area contributed by atoms with Crippen LogP contribution in [0.25, 0.3) is 6.08 Å². The molecule has 0 bridgehead atoms. The van der Waals surface area contributed by atoms with Gasteiger partial charge in [0.2, 0.25) is 0 Å². The van der Waals surface area contributed by atoms with E-state index in [1.807, 2.05) is 18.2 Å². The number of hydrogen-bond donors (Lipinski definition) is 0. The Morgan fingerprint density at radius 2 is 1.41 bits per heavy atom. The van der Waals surface area contributed by atoms with Gasteiger partial charge >= 0.3 is 11.9 Å². The van der Waals surface area contributed by atoms with Gasteiger partial charge in [0.05, 0.1) is 0 Å². The van der Waals surface area contributed by atoms with Crippen LogP contribution in [0.4, 0.5) is 0 Å². The summed E-state index contributed by atoms with van der Waals surface area (Å²) >= 11 is 0. The zero-order valence-corrected chi connectivity index (χ0v) is 13.9. The number of carbonyl (C=O) groups is 2. The predicted octanol–water partition coefficient (Wildman–Crippen LogP) is 3.49. The molecule has 4 heteroatoms. The van der Waals surface area contributed by atoms with Gasteiger partial charge in [0.15, 0.2) is 0 Å². The first-order chi connectivity index (χ1) is 10.2. The van der Waals surface area contributed by atoms with Crippen molar-refractivity contribution in [1.29, 1.82) is 0 Å². The minimum Gasteiger partial charge on any atom is -0.461 e. The molecule has 4 nitrogen and oxygen atoms in total. The van der Waals surface area contributed by atoms with E-state index in [4.69, 9.17) is 9.47 Å². The number of hydrogen-bond acceptors (Lipinski definition) is 4. The summed E-state index contributed by atoms with van der Waals surface area (Å²) in [6.45, 7) is 9.40. The lowest BCUT2D eigenvalue weighted by molar-refractivity contribution is -0.141. The number of esters is 2. The molecule has 0 fully saturated rings. The number of carbonyl (C=O) groups excluding carboxylic acids is 2. The molecule has 1 aromatic carbocycles. The maximum absolute atomic E-state index is 10.9. The zero-order valence-electron chi connectivity index (χ0n) is 13.9. The first-order valence-electron chi connectivity index (χ1n) is 7.25. The standard InChI is InChI=1S/C18H24O4/c1-13(19)21-11-16(12-22-14(2)20)10-15-6-8-17(9-7-15)18(3,4)5/h6-10H,11-12H2,1-5H3. The van der Waals surface area contributed by atoms with E-state index in [1.54, 1.807) is 0 Å². The van der Waals surface area contributed by atoms with Crippen LogP contribution in [-0.4, -0.2) is 25.2 Å². The number of benzene rings is 1. The van der Waals surface area contributed by atoms with Gasteiger partial charge < -0.3 is 9.47 Å². The summed E-state index contributed by atoms with van der Waals surface area (Å²) < 4.78 is 9.98. The molecule has 0 saturated heterocycles. The van der Waals surface area contributed by atoms with Crippen LogP contribution in [-0.2, 0) is 24.5 Å². The van der Waals surface area contributed by atoms with Crippen LogP contribution in [0.2, 0.25) is 0 Å². The zero-order chi connectivity index (χ0) is 16.8. The van der Waals surface area contributed by atoms with Gasteiger partial charge in [0.1, 0.15) is 13.2 Å². The van der Waals surface area contributed by atoms with E-state index < -0.39 is 0 Å². The molecular formula is C18H24O4. The molecule has 0 spiro atoms. The lowest BCUT2D eigenvalue weighted by Gasteiger charge is -2.19. The van der Waals surface area contributed by atoms with Crippen LogP contribution in [0.5, 0.6) is 0 Å². The Morgan fingerprint density at radius 1 is 0.955 bits per heavy atom. The highest BCUT2D eigenvalue weighted by Crippen LogP contribution is 2.22. The molecule has 0 aliphatic rings. The second-order valence-corrected chi connectivity index (χ2v) is 6.24. The fourth-order valence-electron chi connectivity index (χ4n) is 1.83. The summed E-state index contributed by atoms with van der Waals surface area (Å²) in [4.78, 5) is 21.9. The van der Waals surface area contributed by atoms with Crippen molar-refractivity contribution < 1.29 is 19.1 Å². The van der Waals surface area contributed by atoms with E-state index in [2.05, 4.69) is 32.9 Å². The lowest BCUT2D eigenvalue weighted by atomic mass is 9.86. The van der Waals surface area contributed by atoms with Crippen LogP contribution in [0, 0.1) is 0 Å². The molecule has 0 saturated carbocycles. The summed E-state index contributed by atoms with van der Waals surface area (Å²) in [5.41, 5.74) is 3.04. The Bertz CT molecular complexity index is 527. The van der Waals surface area contributed by atoms with E-state index in [0.29, 0.717) is 0 Å². The van der Waals surface area contributed by atoms with E-state index >= 15 is 0 Å². The monoisotopic (exact) mass is 304 g/mol. The molecule has 0 aliphatic heterocycles. The molecule has 0 atom stereocenters. The minimum atomic E-state index is -0.364. The van der Waals surface area contributed by atoms with Gasteiger partial charge in [-0.1, -0.05) is 45.0 Å². The second kappa shape index (κ2) is 7.78. The van der Waals surface area contributed by atoms with Crippen molar-refractivity contribution in [2.24, 2.45) is 0 Å². The Balaban J connectivity index is 2.89. The van der Waals surface area contributed by atoms with E-state index in [-0.39, 0.29) is 30.6 Å². The molecule has 0 heterocycles. The molecule has 0 aliphatic carbocycles. The highest BCUT2D eigenvalue weighted by Gasteiger charge is 2.12. The highest BCUT2D eigenvalue weighted by atomic mass is 16.5. The lowest BCUT2D eigenvalue weighted by Crippen LogP contribution is -2.11. The molecule has 0 N–H and O–H groups in total. The van der Waals surface area contributed by atoms with Gasteiger partial charge in [-0.05, 0) is 22.6 Å². The van der Waals surface area contributed by atoms with Crippen molar-refractivity contribution >= 4 is 18.0 Å². The van der Waals surface area contributed by atoms with Crippen molar-refractivity contribution in [3.63, 3.8) is 0 Å². The quantitative estimate of drug-likeness (QED) is 0.781. The van der Waals surface area contributed by atoms with E-state index in [1.165, 1.54) is 19.4 Å². The normalized spacial score (nSPS) is 10.8. The van der Waals surface area contributed by atoms with Crippen molar-refractivity contribution in [1.82, 2.24) is 0 Å². The summed E-state index contributed by atoms with van der Waals surface area (Å²) in [6, 6.07) is 8.15. The summed E-state index contributed by atoms with van der Waals surface area (Å²) in [7, 11) is 0. The molecular weight excluding hydrogens is 280 g/mol. The third-order valence-electron chi connectivity index (χ3n) is 3.07. The summed E-state index contributed by atoms with van der Waals surface area (Å²) in [6.07, 6.45) is 1.87. The van der Waals surface area contributed by atoms with Gasteiger partial charge in [-0.15, -0.1) is 0 Å². The summed E-state index contributed by atoms with van der Waals surface area (Å²) in [5, 5.41) is 0. The topological polar surface area (TPSA) is 52.6 Å². The SMILES string of the molecule is CC(=O)OCC(=Cc1ccc(C(C)(C)C)cc1)COC(C)=O. The molecule has 0 amide bonds. The maximum atomic E-state index is 10.9. The molecule has 0 radical (unpaired) electrons. The fraction of sp³-hybridized carbons (Fsp3) is 0.444. The molecule has 1 rings (SSSR count). The first kappa shape index (κ1) is 18.0. The Hall–Kier alpha value is -2.10. The highest BCUT2D eigenvalue weighted by molar-refractivity contribution is 5.67. The third-order valence-corrected chi connectivity index (χ3v) is 3.07. The molecule has 0 unspecified atom stereocenters. The number of ether oxygens (including phenoxy) is 2. The summed E-state index contributed by atoms with van der Waals surface area (Å²) in [5.74, 6) is -0.728. The maximum Gasteiger partial charge on any atom is 0.302 e. The van der Waals surface area contributed by atoms with Gasteiger partial charge in [-0.2, -0.15) is 0 Å². The van der Waals surface area contributed by atoms with Crippen molar-refractivity contribution in [2.45, 2.75) is 40.0 Å². The van der Waals surface area contributed by atoms with Crippen LogP contribution >= 0.6 is 0 Å². The van der Waals surface area contributed by atoms with Crippen molar-refractivity contribution in [3.8, 4) is 0 Å². The minimum absolute atomic E-state index is 0.0978. The molecule has 0 aromatic heterocycles. The molecule has 120 valence electrons. The average Bonchev–Trinajstić information content (AvgIpc) is 2.41. The Labute approximate surface area is 132 Å². The van der Waals surface area contributed by atoms with E-state index in [0.717, 1.165) is 11.1 Å². The second-order valence-electron chi connectivity index (χ2n) is 6.24. The van der Waals surface area contributed by atoms with E-state index in [9.17, 15) is 9.59 Å². The van der Waals surface area contributed by atoms with Crippen LogP contribution in [0.3, 0.4) is 0 Å². The van der Waals surface area contributed by atoms with Gasteiger partial charge in [0.25, 0.3) is 0 Å². The first-order valence-corrected chi connectivity index (χ1v) is 7.25. The van der Waals surface area contributed by atoms with Gasteiger partial charge in [0, 0.05) is 19.4 Å². The smallest absolute Gasteiger partial charge is 0.302 e. The van der Waals surface area contributed by atoms with Crippen LogP contribution in [0.1, 0.15) is 45.7 Å². The van der Waals surface area contributed by atoms with Gasteiger partial charge in [-0.25, -0.2) is 0 Å².